The minimum Gasteiger partial charge on any atom is -0.0772 e. The quantitative estimate of drug-likeness (QED) is 0.606. The Morgan fingerprint density at radius 3 is 2.40 bits per heavy atom. The molecule has 0 aromatic heterocycles. The normalized spacial score (nSPS) is 23.2. The average Bonchev–Trinajstić information content (AvgIpc) is 2.05. The third-order valence-corrected chi connectivity index (χ3v) is 3.38. The average molecular weight is 203 g/mol. The van der Waals surface area contributed by atoms with Crippen molar-refractivity contribution in [2.45, 2.75) is 39.0 Å². The Bertz CT molecular complexity index is 121. The fourth-order valence-electron chi connectivity index (χ4n) is 1.61. The summed E-state index contributed by atoms with van der Waals surface area (Å²) in [7, 11) is 0. The molecular weight excluding hydrogens is 188 g/mol. The van der Waals surface area contributed by atoms with Gasteiger partial charge in [0.05, 0.1) is 0 Å². The third kappa shape index (κ3) is 2.12. The SMILES string of the molecule is CC=C(Br)C1CCCCC1. The van der Waals surface area contributed by atoms with E-state index >= 15 is 0 Å². The molecule has 1 aliphatic carbocycles. The molecule has 0 radical (unpaired) electrons. The van der Waals surface area contributed by atoms with Crippen molar-refractivity contribution in [2.75, 3.05) is 0 Å². The summed E-state index contributed by atoms with van der Waals surface area (Å²) in [6.07, 6.45) is 9.27. The highest BCUT2D eigenvalue weighted by Crippen LogP contribution is 2.32. The van der Waals surface area contributed by atoms with Gasteiger partial charge in [0.15, 0.2) is 0 Å². The lowest BCUT2D eigenvalue weighted by molar-refractivity contribution is 0.415. The Balaban J connectivity index is 2.39. The van der Waals surface area contributed by atoms with E-state index in [0.717, 1.165) is 5.92 Å². The molecule has 0 unspecified atom stereocenters. The second kappa shape index (κ2) is 4.17. The Morgan fingerprint density at radius 1 is 1.30 bits per heavy atom. The van der Waals surface area contributed by atoms with Gasteiger partial charge < -0.3 is 0 Å². The van der Waals surface area contributed by atoms with E-state index in [1.165, 1.54) is 36.6 Å². The van der Waals surface area contributed by atoms with Crippen LogP contribution in [0.4, 0.5) is 0 Å². The predicted octanol–water partition coefficient (Wildman–Crippen LogP) is 3.87. The summed E-state index contributed by atoms with van der Waals surface area (Å²) in [5.74, 6) is 0.846. The van der Waals surface area contributed by atoms with Crippen molar-refractivity contribution >= 4 is 15.9 Å². The standard InChI is InChI=1S/C9H15Br/c1-2-9(10)8-6-4-3-5-7-8/h2,8H,3-7H2,1H3. The lowest BCUT2D eigenvalue weighted by atomic mass is 9.89. The van der Waals surface area contributed by atoms with Crippen LogP contribution in [0.1, 0.15) is 39.0 Å². The smallest absolute Gasteiger partial charge is 0.00610 e. The molecule has 0 aromatic rings. The molecule has 0 heterocycles. The van der Waals surface area contributed by atoms with E-state index in [4.69, 9.17) is 0 Å². The molecule has 0 saturated heterocycles. The van der Waals surface area contributed by atoms with Crippen molar-refractivity contribution in [1.82, 2.24) is 0 Å². The van der Waals surface area contributed by atoms with Gasteiger partial charge in [0.25, 0.3) is 0 Å². The topological polar surface area (TPSA) is 0 Å². The molecule has 1 aliphatic rings. The first-order valence-corrected chi connectivity index (χ1v) is 4.95. The van der Waals surface area contributed by atoms with Crippen LogP contribution >= 0.6 is 15.9 Å². The zero-order chi connectivity index (χ0) is 7.40. The van der Waals surface area contributed by atoms with E-state index in [1.807, 2.05) is 0 Å². The van der Waals surface area contributed by atoms with Gasteiger partial charge in [-0.25, -0.2) is 0 Å². The van der Waals surface area contributed by atoms with E-state index in [-0.39, 0.29) is 0 Å². The molecule has 1 rings (SSSR count). The molecule has 1 saturated carbocycles. The van der Waals surface area contributed by atoms with Crippen molar-refractivity contribution in [2.24, 2.45) is 5.92 Å². The Kier molecular flexibility index (Phi) is 3.47. The second-order valence-corrected chi connectivity index (χ2v) is 3.92. The van der Waals surface area contributed by atoms with Gasteiger partial charge in [-0.15, -0.1) is 0 Å². The van der Waals surface area contributed by atoms with E-state index in [1.54, 1.807) is 0 Å². The van der Waals surface area contributed by atoms with E-state index in [0.29, 0.717) is 0 Å². The summed E-state index contributed by atoms with van der Waals surface area (Å²) in [6, 6.07) is 0. The van der Waals surface area contributed by atoms with Crippen LogP contribution in [-0.4, -0.2) is 0 Å². The van der Waals surface area contributed by atoms with Gasteiger partial charge in [0, 0.05) is 0 Å². The van der Waals surface area contributed by atoms with Gasteiger partial charge in [0.2, 0.25) is 0 Å². The third-order valence-electron chi connectivity index (χ3n) is 2.27. The second-order valence-electron chi connectivity index (χ2n) is 3.01. The van der Waals surface area contributed by atoms with Crippen molar-refractivity contribution in [3.8, 4) is 0 Å². The van der Waals surface area contributed by atoms with Gasteiger partial charge in [-0.2, -0.15) is 0 Å². The Labute approximate surface area is 71.8 Å². The van der Waals surface area contributed by atoms with Gasteiger partial charge in [-0.05, 0) is 30.2 Å². The summed E-state index contributed by atoms with van der Waals surface area (Å²) < 4.78 is 1.42. The minimum absolute atomic E-state index is 0.846. The molecule has 0 nitrogen and oxygen atoms in total. The van der Waals surface area contributed by atoms with E-state index in [2.05, 4.69) is 28.9 Å². The van der Waals surface area contributed by atoms with Crippen LogP contribution in [0.25, 0.3) is 0 Å². The lowest BCUT2D eigenvalue weighted by Gasteiger charge is -2.20. The summed E-state index contributed by atoms with van der Waals surface area (Å²) in [5, 5.41) is 0. The number of hydrogen-bond acceptors (Lipinski definition) is 0. The monoisotopic (exact) mass is 202 g/mol. The zero-order valence-electron chi connectivity index (χ0n) is 6.57. The molecule has 0 aromatic carbocycles. The Morgan fingerprint density at radius 2 is 1.90 bits per heavy atom. The zero-order valence-corrected chi connectivity index (χ0v) is 8.15. The maximum Gasteiger partial charge on any atom is -0.00610 e. The molecule has 1 fully saturated rings. The molecule has 10 heavy (non-hydrogen) atoms. The molecule has 1 heteroatoms. The van der Waals surface area contributed by atoms with E-state index < -0.39 is 0 Å². The molecule has 0 spiro atoms. The van der Waals surface area contributed by atoms with Crippen LogP contribution in [0.15, 0.2) is 10.6 Å². The van der Waals surface area contributed by atoms with Gasteiger partial charge in [0.1, 0.15) is 0 Å². The molecule has 58 valence electrons. The van der Waals surface area contributed by atoms with Crippen LogP contribution < -0.4 is 0 Å². The Hall–Kier alpha value is 0.220. The first-order valence-electron chi connectivity index (χ1n) is 4.16. The fourth-order valence-corrected chi connectivity index (χ4v) is 2.07. The van der Waals surface area contributed by atoms with Gasteiger partial charge in [-0.1, -0.05) is 41.3 Å². The lowest BCUT2D eigenvalue weighted by Crippen LogP contribution is -2.05. The van der Waals surface area contributed by atoms with Crippen LogP contribution in [0.5, 0.6) is 0 Å². The van der Waals surface area contributed by atoms with Gasteiger partial charge in [-0.3, -0.25) is 0 Å². The highest BCUT2D eigenvalue weighted by atomic mass is 79.9. The van der Waals surface area contributed by atoms with Crippen LogP contribution in [0.2, 0.25) is 0 Å². The number of allylic oxidation sites excluding steroid dienone is 2. The first kappa shape index (κ1) is 8.32. The van der Waals surface area contributed by atoms with Crippen LogP contribution in [0, 0.1) is 5.92 Å². The van der Waals surface area contributed by atoms with Crippen molar-refractivity contribution in [3.63, 3.8) is 0 Å². The minimum atomic E-state index is 0.846. The highest BCUT2D eigenvalue weighted by molar-refractivity contribution is 9.11. The van der Waals surface area contributed by atoms with Crippen molar-refractivity contribution < 1.29 is 0 Å². The van der Waals surface area contributed by atoms with Crippen molar-refractivity contribution in [3.05, 3.63) is 10.6 Å². The molecule has 0 N–H and O–H groups in total. The summed E-state index contributed by atoms with van der Waals surface area (Å²) >= 11 is 3.60. The first-order chi connectivity index (χ1) is 4.84. The fraction of sp³-hybridized carbons (Fsp3) is 0.778. The highest BCUT2D eigenvalue weighted by Gasteiger charge is 2.14. The van der Waals surface area contributed by atoms with Crippen LogP contribution in [0.3, 0.4) is 0 Å². The maximum absolute atomic E-state index is 3.60. The molecular formula is C9H15Br. The summed E-state index contributed by atoms with van der Waals surface area (Å²) in [6.45, 7) is 2.11. The van der Waals surface area contributed by atoms with E-state index in [9.17, 15) is 0 Å². The molecule has 0 aliphatic heterocycles. The maximum atomic E-state index is 3.60. The predicted molar refractivity (Wildman–Crippen MR) is 49.3 cm³/mol. The summed E-state index contributed by atoms with van der Waals surface area (Å²) in [5.41, 5.74) is 0. The van der Waals surface area contributed by atoms with Crippen LogP contribution in [-0.2, 0) is 0 Å². The molecule has 0 atom stereocenters. The largest absolute Gasteiger partial charge is 0.0772 e. The number of rotatable bonds is 1. The molecule has 0 bridgehead atoms. The summed E-state index contributed by atoms with van der Waals surface area (Å²) in [4.78, 5) is 0. The number of halogens is 1. The van der Waals surface area contributed by atoms with Crippen molar-refractivity contribution in [1.29, 1.82) is 0 Å². The van der Waals surface area contributed by atoms with Gasteiger partial charge >= 0.3 is 0 Å². The molecule has 0 amide bonds. The number of hydrogen-bond donors (Lipinski definition) is 0.